The molecule has 2 aromatic carbocycles. The van der Waals surface area contributed by atoms with Gasteiger partial charge in [-0.1, -0.05) is 18.2 Å². The first kappa shape index (κ1) is 23.1. The van der Waals surface area contributed by atoms with Gasteiger partial charge in [0.15, 0.2) is 11.5 Å². The largest absolute Gasteiger partial charge is 0.493 e. The Morgan fingerprint density at radius 2 is 1.66 bits per heavy atom. The minimum absolute atomic E-state index is 0.209. The van der Waals surface area contributed by atoms with E-state index in [1.807, 2.05) is 0 Å². The van der Waals surface area contributed by atoms with Crippen molar-refractivity contribution in [2.45, 2.75) is 13.0 Å². The average molecular weight is 461 g/mol. The Bertz CT molecular complexity index is 1280. The van der Waals surface area contributed by atoms with Crippen molar-refractivity contribution in [1.29, 1.82) is 0 Å². The van der Waals surface area contributed by atoms with E-state index in [-0.39, 0.29) is 11.3 Å². The molecule has 0 spiro atoms. The highest BCUT2D eigenvalue weighted by atomic mass is 32.2. The predicted octanol–water partition coefficient (Wildman–Crippen LogP) is 2.94. The van der Waals surface area contributed by atoms with E-state index < -0.39 is 27.9 Å². The standard InChI is InChI=1S/C22H24N2O7S/c1-14(24(32(5,27)28)15-10-11-19(29-2)20(12-15)30-3)21(25)23-13-17(22(26)31-4)16-8-6-7-9-18(16)23/h6-14H,1-5H3/t14-/m1/s1. The van der Waals surface area contributed by atoms with Crippen LogP contribution in [0.15, 0.2) is 48.7 Å². The lowest BCUT2D eigenvalue weighted by Gasteiger charge is -2.28. The van der Waals surface area contributed by atoms with E-state index in [2.05, 4.69) is 0 Å². The number of carbonyl (C=O) groups excluding carboxylic acids is 2. The average Bonchev–Trinajstić information content (AvgIpc) is 3.16. The lowest BCUT2D eigenvalue weighted by molar-refractivity contribution is 0.0603. The maximum absolute atomic E-state index is 13.5. The van der Waals surface area contributed by atoms with Crippen molar-refractivity contribution < 1.29 is 32.2 Å². The third kappa shape index (κ3) is 4.13. The van der Waals surface area contributed by atoms with E-state index in [1.165, 1.54) is 51.1 Å². The smallest absolute Gasteiger partial charge is 0.340 e. The molecule has 3 aromatic rings. The van der Waals surface area contributed by atoms with Crippen LogP contribution in [0.1, 0.15) is 22.1 Å². The molecule has 0 unspecified atom stereocenters. The van der Waals surface area contributed by atoms with Gasteiger partial charge in [0.25, 0.3) is 5.91 Å². The first-order valence-corrected chi connectivity index (χ1v) is 11.4. The number of hydrogen-bond donors (Lipinski definition) is 0. The quantitative estimate of drug-likeness (QED) is 0.499. The van der Waals surface area contributed by atoms with Crippen LogP contribution < -0.4 is 13.8 Å². The number of aromatic nitrogens is 1. The van der Waals surface area contributed by atoms with Crippen molar-refractivity contribution in [3.05, 3.63) is 54.2 Å². The number of hydrogen-bond acceptors (Lipinski definition) is 7. The van der Waals surface area contributed by atoms with Crippen molar-refractivity contribution in [1.82, 2.24) is 4.57 Å². The molecule has 1 aromatic heterocycles. The van der Waals surface area contributed by atoms with E-state index in [0.29, 0.717) is 22.4 Å². The molecule has 3 rings (SSSR count). The minimum Gasteiger partial charge on any atom is -0.493 e. The van der Waals surface area contributed by atoms with Gasteiger partial charge < -0.3 is 14.2 Å². The highest BCUT2D eigenvalue weighted by Gasteiger charge is 2.32. The van der Waals surface area contributed by atoms with Gasteiger partial charge >= 0.3 is 5.97 Å². The van der Waals surface area contributed by atoms with Crippen LogP contribution in [0.5, 0.6) is 11.5 Å². The molecule has 1 heterocycles. The summed E-state index contributed by atoms with van der Waals surface area (Å²) in [4.78, 5) is 25.7. The SMILES string of the molecule is COC(=O)c1cn(C(=O)[C@@H](C)N(c2ccc(OC)c(OC)c2)S(C)(=O)=O)c2ccccc12. The number of carbonyl (C=O) groups is 2. The Morgan fingerprint density at radius 1 is 1.00 bits per heavy atom. The Labute approximate surface area is 186 Å². The molecule has 0 fully saturated rings. The fourth-order valence-corrected chi connectivity index (χ4v) is 4.76. The van der Waals surface area contributed by atoms with Gasteiger partial charge in [0.1, 0.15) is 6.04 Å². The Kier molecular flexibility index (Phi) is 6.45. The molecule has 0 bridgehead atoms. The molecule has 0 saturated heterocycles. The summed E-state index contributed by atoms with van der Waals surface area (Å²) in [6, 6.07) is 10.3. The highest BCUT2D eigenvalue weighted by Crippen LogP contribution is 2.34. The number of esters is 1. The minimum atomic E-state index is -3.87. The van der Waals surface area contributed by atoms with E-state index in [0.717, 1.165) is 10.6 Å². The molecule has 1 atom stereocenters. The fourth-order valence-electron chi connectivity index (χ4n) is 3.60. The summed E-state index contributed by atoms with van der Waals surface area (Å²) in [5, 5.41) is 0.525. The second-order valence-corrected chi connectivity index (χ2v) is 8.89. The first-order chi connectivity index (χ1) is 15.1. The lowest BCUT2D eigenvalue weighted by Crippen LogP contribution is -2.44. The van der Waals surface area contributed by atoms with Crippen molar-refractivity contribution in [3.8, 4) is 11.5 Å². The Morgan fingerprint density at radius 3 is 2.25 bits per heavy atom. The molecule has 0 N–H and O–H groups in total. The number of para-hydroxylation sites is 1. The monoisotopic (exact) mass is 460 g/mol. The van der Waals surface area contributed by atoms with Gasteiger partial charge in [-0.05, 0) is 25.1 Å². The van der Waals surface area contributed by atoms with Gasteiger partial charge in [0.2, 0.25) is 10.0 Å². The molecular weight excluding hydrogens is 436 g/mol. The summed E-state index contributed by atoms with van der Waals surface area (Å²) in [6.07, 6.45) is 2.38. The Hall–Kier alpha value is -3.53. The second-order valence-electron chi connectivity index (χ2n) is 7.03. The van der Waals surface area contributed by atoms with E-state index in [1.54, 1.807) is 30.3 Å². The second kappa shape index (κ2) is 8.91. The number of rotatable bonds is 7. The van der Waals surface area contributed by atoms with E-state index >= 15 is 0 Å². The van der Waals surface area contributed by atoms with Crippen LogP contribution >= 0.6 is 0 Å². The van der Waals surface area contributed by atoms with Crippen LogP contribution in [0.2, 0.25) is 0 Å². The van der Waals surface area contributed by atoms with Crippen LogP contribution in [0.3, 0.4) is 0 Å². The lowest BCUT2D eigenvalue weighted by atomic mass is 10.2. The van der Waals surface area contributed by atoms with Gasteiger partial charge in [0, 0.05) is 17.6 Å². The summed E-state index contributed by atoms with van der Waals surface area (Å²) in [6.45, 7) is 1.48. The zero-order valence-electron chi connectivity index (χ0n) is 18.4. The van der Waals surface area contributed by atoms with Gasteiger partial charge in [-0.2, -0.15) is 0 Å². The molecular formula is C22H24N2O7S. The molecule has 0 aliphatic heterocycles. The van der Waals surface area contributed by atoms with Crippen LogP contribution in [-0.4, -0.2) is 58.5 Å². The van der Waals surface area contributed by atoms with Crippen LogP contribution in [0, 0.1) is 0 Å². The molecule has 0 amide bonds. The molecule has 0 radical (unpaired) electrons. The number of fused-ring (bicyclic) bond motifs is 1. The number of sulfonamides is 1. The summed E-state index contributed by atoms with van der Waals surface area (Å²) >= 11 is 0. The number of methoxy groups -OCH3 is 3. The van der Waals surface area contributed by atoms with Crippen molar-refractivity contribution in [2.75, 3.05) is 31.9 Å². The molecule has 0 saturated carbocycles. The van der Waals surface area contributed by atoms with E-state index in [9.17, 15) is 18.0 Å². The van der Waals surface area contributed by atoms with Crippen LogP contribution in [0.25, 0.3) is 10.9 Å². The molecule has 9 nitrogen and oxygen atoms in total. The van der Waals surface area contributed by atoms with Gasteiger partial charge in [-0.25, -0.2) is 13.2 Å². The van der Waals surface area contributed by atoms with Gasteiger partial charge in [-0.15, -0.1) is 0 Å². The molecule has 170 valence electrons. The molecule has 0 aliphatic carbocycles. The van der Waals surface area contributed by atoms with Crippen molar-refractivity contribution in [3.63, 3.8) is 0 Å². The number of anilines is 1. The molecule has 10 heteroatoms. The van der Waals surface area contributed by atoms with Crippen LogP contribution in [-0.2, 0) is 14.8 Å². The normalized spacial score (nSPS) is 12.3. The van der Waals surface area contributed by atoms with Gasteiger partial charge in [0.05, 0.1) is 44.4 Å². The fraction of sp³-hybridized carbons (Fsp3) is 0.273. The van der Waals surface area contributed by atoms with Crippen molar-refractivity contribution >= 4 is 38.5 Å². The third-order valence-corrected chi connectivity index (χ3v) is 6.28. The summed E-state index contributed by atoms with van der Waals surface area (Å²) in [5.74, 6) is -0.405. The third-order valence-electron chi connectivity index (χ3n) is 5.04. The zero-order valence-corrected chi connectivity index (χ0v) is 19.2. The predicted molar refractivity (Wildman–Crippen MR) is 120 cm³/mol. The summed E-state index contributed by atoms with van der Waals surface area (Å²) in [5.41, 5.74) is 0.904. The number of nitrogens with zero attached hydrogens (tertiary/aromatic N) is 2. The maximum Gasteiger partial charge on any atom is 0.340 e. The van der Waals surface area contributed by atoms with Crippen molar-refractivity contribution in [2.24, 2.45) is 0 Å². The Balaban J connectivity index is 2.12. The number of benzene rings is 2. The highest BCUT2D eigenvalue weighted by molar-refractivity contribution is 7.92. The topological polar surface area (TPSA) is 104 Å². The van der Waals surface area contributed by atoms with E-state index in [4.69, 9.17) is 14.2 Å². The van der Waals surface area contributed by atoms with Crippen LogP contribution in [0.4, 0.5) is 5.69 Å². The van der Waals surface area contributed by atoms with Gasteiger partial charge in [-0.3, -0.25) is 13.7 Å². The zero-order chi connectivity index (χ0) is 23.6. The maximum atomic E-state index is 13.5. The summed E-state index contributed by atoms with van der Waals surface area (Å²) in [7, 11) is 0.278. The molecule has 0 aliphatic rings. The number of ether oxygens (including phenoxy) is 3. The summed E-state index contributed by atoms with van der Waals surface area (Å²) < 4.78 is 43.0. The first-order valence-electron chi connectivity index (χ1n) is 9.58. The molecule has 32 heavy (non-hydrogen) atoms.